The van der Waals surface area contributed by atoms with Gasteiger partial charge in [-0.3, -0.25) is 0 Å². The van der Waals surface area contributed by atoms with Gasteiger partial charge in [0.15, 0.2) is 0 Å². The second kappa shape index (κ2) is 5.11. The van der Waals surface area contributed by atoms with E-state index in [0.29, 0.717) is 0 Å². The van der Waals surface area contributed by atoms with Gasteiger partial charge in [-0.25, -0.2) is 4.79 Å². The second-order valence-corrected chi connectivity index (χ2v) is 3.08. The minimum absolute atomic E-state index is 0.0739. The zero-order valence-electron chi connectivity index (χ0n) is 7.81. The van der Waals surface area contributed by atoms with Gasteiger partial charge in [0.25, 0.3) is 0 Å². The molecule has 0 aromatic heterocycles. The number of aliphatic carboxylic acids is 1. The van der Waals surface area contributed by atoms with Gasteiger partial charge in [-0.05, 0) is 13.3 Å². The van der Waals surface area contributed by atoms with Crippen molar-refractivity contribution in [2.75, 3.05) is 6.54 Å². The maximum Gasteiger partial charge on any atom is 0.375 e. The number of carbonyl (C=O) groups is 1. The fraction of sp³-hybridized carbons (Fsp3) is 0.875. The van der Waals surface area contributed by atoms with Crippen molar-refractivity contribution >= 4 is 5.97 Å². The van der Waals surface area contributed by atoms with Crippen LogP contribution in [0.15, 0.2) is 0 Å². The highest BCUT2D eigenvalue weighted by atomic mass is 19.3. The molecule has 0 aromatic rings. The number of nitrogens with one attached hydrogen (secondary N) is 1. The van der Waals surface area contributed by atoms with Crippen molar-refractivity contribution in [3.05, 3.63) is 0 Å². The van der Waals surface area contributed by atoms with Gasteiger partial charge in [-0.15, -0.1) is 0 Å². The molecule has 13 heavy (non-hydrogen) atoms. The van der Waals surface area contributed by atoms with Crippen LogP contribution in [0.4, 0.5) is 8.78 Å². The predicted octanol–water partition coefficient (Wildman–Crippen LogP) is 1.48. The Morgan fingerprint density at radius 3 is 2.54 bits per heavy atom. The summed E-state index contributed by atoms with van der Waals surface area (Å²) in [6.45, 7) is 2.89. The van der Waals surface area contributed by atoms with Crippen LogP contribution in [0.5, 0.6) is 0 Å². The zero-order chi connectivity index (χ0) is 10.5. The van der Waals surface area contributed by atoms with Crippen LogP contribution >= 0.6 is 0 Å². The van der Waals surface area contributed by atoms with Crippen LogP contribution in [0, 0.1) is 0 Å². The van der Waals surface area contributed by atoms with E-state index in [2.05, 4.69) is 5.32 Å². The van der Waals surface area contributed by atoms with Crippen molar-refractivity contribution < 1.29 is 18.7 Å². The molecule has 0 aliphatic carbocycles. The van der Waals surface area contributed by atoms with Crippen LogP contribution in [-0.2, 0) is 4.79 Å². The Balaban J connectivity index is 3.80. The molecule has 0 fully saturated rings. The third-order valence-electron chi connectivity index (χ3n) is 1.71. The molecule has 78 valence electrons. The van der Waals surface area contributed by atoms with Crippen molar-refractivity contribution in [3.8, 4) is 0 Å². The zero-order valence-corrected chi connectivity index (χ0v) is 7.81. The molecule has 1 unspecified atom stereocenters. The predicted molar refractivity (Wildman–Crippen MR) is 45.0 cm³/mol. The molecular weight excluding hydrogens is 180 g/mol. The molecule has 2 N–H and O–H groups in total. The highest BCUT2D eigenvalue weighted by Gasteiger charge is 2.38. The van der Waals surface area contributed by atoms with E-state index in [0.717, 1.165) is 12.8 Å². The third kappa shape index (κ3) is 4.77. The summed E-state index contributed by atoms with van der Waals surface area (Å²) in [6, 6.07) is -0.0739. The van der Waals surface area contributed by atoms with Gasteiger partial charge in [0, 0.05) is 6.04 Å². The summed E-state index contributed by atoms with van der Waals surface area (Å²) in [5, 5.41) is 10.6. The lowest BCUT2D eigenvalue weighted by Gasteiger charge is -2.16. The number of alkyl halides is 2. The van der Waals surface area contributed by atoms with Gasteiger partial charge in [-0.2, -0.15) is 8.78 Å². The number of carboxylic acids is 1. The minimum atomic E-state index is -3.66. The number of rotatable bonds is 6. The van der Waals surface area contributed by atoms with Gasteiger partial charge in [0.05, 0.1) is 6.54 Å². The van der Waals surface area contributed by atoms with Crippen LogP contribution in [0.3, 0.4) is 0 Å². The number of hydrogen-bond donors (Lipinski definition) is 2. The van der Waals surface area contributed by atoms with E-state index in [1.54, 1.807) is 6.92 Å². The van der Waals surface area contributed by atoms with E-state index < -0.39 is 18.4 Å². The average Bonchev–Trinajstić information content (AvgIpc) is 2.01. The maximum atomic E-state index is 12.5. The average molecular weight is 195 g/mol. The Bertz CT molecular complexity index is 174. The molecule has 0 amide bonds. The topological polar surface area (TPSA) is 49.3 Å². The summed E-state index contributed by atoms with van der Waals surface area (Å²) in [4.78, 5) is 10.0. The lowest BCUT2D eigenvalue weighted by atomic mass is 10.2. The number of halogens is 2. The largest absolute Gasteiger partial charge is 0.477 e. The fourth-order valence-electron chi connectivity index (χ4n) is 0.913. The molecule has 0 heterocycles. The molecule has 5 heteroatoms. The maximum absolute atomic E-state index is 12.5. The number of carboxylic acid groups (broad SMARTS) is 1. The second-order valence-electron chi connectivity index (χ2n) is 3.08. The van der Waals surface area contributed by atoms with E-state index in [1.807, 2.05) is 6.92 Å². The summed E-state index contributed by atoms with van der Waals surface area (Å²) < 4.78 is 25.0. The molecule has 0 saturated carbocycles. The van der Waals surface area contributed by atoms with Crippen LogP contribution in [0.2, 0.25) is 0 Å². The molecule has 0 bridgehead atoms. The smallest absolute Gasteiger partial charge is 0.375 e. The van der Waals surface area contributed by atoms with Crippen molar-refractivity contribution in [2.24, 2.45) is 0 Å². The summed E-state index contributed by atoms with van der Waals surface area (Å²) in [6.07, 6.45) is 1.64. The van der Waals surface area contributed by atoms with Gasteiger partial charge in [0.2, 0.25) is 0 Å². The highest BCUT2D eigenvalue weighted by molar-refractivity contribution is 5.75. The molecule has 0 rings (SSSR count). The monoisotopic (exact) mass is 195 g/mol. The van der Waals surface area contributed by atoms with Gasteiger partial charge in [0.1, 0.15) is 0 Å². The fourth-order valence-corrected chi connectivity index (χ4v) is 0.913. The Morgan fingerprint density at radius 2 is 2.15 bits per heavy atom. The first-order chi connectivity index (χ1) is 5.90. The van der Waals surface area contributed by atoms with E-state index in [4.69, 9.17) is 5.11 Å². The van der Waals surface area contributed by atoms with E-state index in [1.165, 1.54) is 0 Å². The van der Waals surface area contributed by atoms with E-state index in [9.17, 15) is 13.6 Å². The van der Waals surface area contributed by atoms with Crippen molar-refractivity contribution in [1.29, 1.82) is 0 Å². The molecule has 0 aliphatic rings. The van der Waals surface area contributed by atoms with Crippen molar-refractivity contribution in [2.45, 2.75) is 38.7 Å². The molecule has 1 atom stereocenters. The highest BCUT2D eigenvalue weighted by Crippen LogP contribution is 2.12. The molecule has 0 radical (unpaired) electrons. The van der Waals surface area contributed by atoms with Crippen LogP contribution in [0.25, 0.3) is 0 Å². The summed E-state index contributed by atoms with van der Waals surface area (Å²) in [5.41, 5.74) is 0. The van der Waals surface area contributed by atoms with Crippen LogP contribution in [-0.4, -0.2) is 29.6 Å². The van der Waals surface area contributed by atoms with Crippen molar-refractivity contribution in [3.63, 3.8) is 0 Å². The molecule has 0 spiro atoms. The summed E-state index contributed by atoms with van der Waals surface area (Å²) in [5.74, 6) is -5.74. The number of hydrogen-bond acceptors (Lipinski definition) is 2. The molecule has 0 saturated heterocycles. The van der Waals surface area contributed by atoms with Crippen LogP contribution < -0.4 is 5.32 Å². The molecule has 0 aromatic carbocycles. The standard InChI is InChI=1S/C8H15F2NO2/c1-3-4-6(2)11-5-8(9,10)7(12)13/h6,11H,3-5H2,1-2H3,(H,12,13). The summed E-state index contributed by atoms with van der Waals surface area (Å²) in [7, 11) is 0. The van der Waals surface area contributed by atoms with Crippen molar-refractivity contribution in [1.82, 2.24) is 5.32 Å². The van der Waals surface area contributed by atoms with Gasteiger partial charge in [-0.1, -0.05) is 13.3 Å². The SMILES string of the molecule is CCCC(C)NCC(F)(F)C(=O)O. The third-order valence-corrected chi connectivity index (χ3v) is 1.71. The first kappa shape index (κ1) is 12.3. The van der Waals surface area contributed by atoms with Gasteiger partial charge >= 0.3 is 11.9 Å². The lowest BCUT2D eigenvalue weighted by molar-refractivity contribution is -0.164. The molecule has 3 nitrogen and oxygen atoms in total. The summed E-state index contributed by atoms with van der Waals surface area (Å²) >= 11 is 0. The Morgan fingerprint density at radius 1 is 1.62 bits per heavy atom. The van der Waals surface area contributed by atoms with Gasteiger partial charge < -0.3 is 10.4 Å². The first-order valence-electron chi connectivity index (χ1n) is 4.24. The molecular formula is C8H15F2NO2. The lowest BCUT2D eigenvalue weighted by Crippen LogP contribution is -2.42. The van der Waals surface area contributed by atoms with Crippen LogP contribution in [0.1, 0.15) is 26.7 Å². The Hall–Kier alpha value is -0.710. The Labute approximate surface area is 76.1 Å². The first-order valence-corrected chi connectivity index (χ1v) is 4.24. The minimum Gasteiger partial charge on any atom is -0.477 e. The Kier molecular flexibility index (Phi) is 4.83. The van der Waals surface area contributed by atoms with E-state index >= 15 is 0 Å². The van der Waals surface area contributed by atoms with E-state index in [-0.39, 0.29) is 6.04 Å². The quantitative estimate of drug-likeness (QED) is 0.675. The molecule has 0 aliphatic heterocycles. The normalized spacial score (nSPS) is 14.2.